The van der Waals surface area contributed by atoms with Crippen LogP contribution in [0.15, 0.2) is 6.20 Å². The summed E-state index contributed by atoms with van der Waals surface area (Å²) >= 11 is 0. The minimum Gasteiger partial charge on any atom is -0.338 e. The molecule has 1 aliphatic heterocycles. The van der Waals surface area contributed by atoms with Crippen LogP contribution in [0, 0.1) is 5.92 Å². The SMILES string of the molecule is NCc1cn(CC(=O)N2CCCC3CCCCC32)nn1. The standard InChI is InChI=1S/C14H23N5O/c15-8-12-9-18(17-16-12)10-14(20)19-7-3-5-11-4-1-2-6-13(11)19/h9,11,13H,1-8,10,15H2. The molecule has 2 fully saturated rings. The third kappa shape index (κ3) is 2.70. The first-order valence-electron chi connectivity index (χ1n) is 7.66. The summed E-state index contributed by atoms with van der Waals surface area (Å²) in [6.07, 6.45) is 9.22. The third-order valence-corrected chi connectivity index (χ3v) is 4.66. The number of hydrogen-bond donors (Lipinski definition) is 1. The van der Waals surface area contributed by atoms with E-state index < -0.39 is 0 Å². The number of hydrogen-bond acceptors (Lipinski definition) is 4. The summed E-state index contributed by atoms with van der Waals surface area (Å²) in [6.45, 7) is 1.55. The van der Waals surface area contributed by atoms with Crippen LogP contribution in [-0.4, -0.2) is 38.4 Å². The van der Waals surface area contributed by atoms with E-state index in [4.69, 9.17) is 5.73 Å². The largest absolute Gasteiger partial charge is 0.338 e. The van der Waals surface area contributed by atoms with E-state index in [0.717, 1.165) is 24.6 Å². The van der Waals surface area contributed by atoms with Crippen molar-refractivity contribution in [3.8, 4) is 0 Å². The minimum absolute atomic E-state index is 0.176. The lowest BCUT2D eigenvalue weighted by atomic mass is 9.78. The van der Waals surface area contributed by atoms with Gasteiger partial charge in [0.15, 0.2) is 0 Å². The average molecular weight is 277 g/mol. The highest BCUT2D eigenvalue weighted by molar-refractivity contribution is 5.76. The molecule has 0 radical (unpaired) electrons. The van der Waals surface area contributed by atoms with E-state index in [1.807, 2.05) is 0 Å². The predicted molar refractivity (Wildman–Crippen MR) is 74.6 cm³/mol. The summed E-state index contributed by atoms with van der Waals surface area (Å²) < 4.78 is 1.61. The zero-order chi connectivity index (χ0) is 13.9. The van der Waals surface area contributed by atoms with Gasteiger partial charge in [0.1, 0.15) is 6.54 Å². The molecule has 110 valence electrons. The molecule has 6 heteroatoms. The van der Waals surface area contributed by atoms with Crippen molar-refractivity contribution < 1.29 is 4.79 Å². The van der Waals surface area contributed by atoms with Gasteiger partial charge in [-0.15, -0.1) is 5.10 Å². The second-order valence-electron chi connectivity index (χ2n) is 5.95. The number of likely N-dealkylation sites (tertiary alicyclic amines) is 1. The molecule has 1 saturated carbocycles. The summed E-state index contributed by atoms with van der Waals surface area (Å²) in [6, 6.07) is 0.461. The monoisotopic (exact) mass is 277 g/mol. The van der Waals surface area contributed by atoms with Gasteiger partial charge in [0.05, 0.1) is 11.9 Å². The molecular formula is C14H23N5O. The second-order valence-corrected chi connectivity index (χ2v) is 5.95. The Bertz CT molecular complexity index is 470. The van der Waals surface area contributed by atoms with Gasteiger partial charge in [-0.2, -0.15) is 0 Å². The number of aromatic nitrogens is 3. The Morgan fingerprint density at radius 2 is 2.10 bits per heavy atom. The number of carbonyl (C=O) groups is 1. The zero-order valence-electron chi connectivity index (χ0n) is 11.9. The van der Waals surface area contributed by atoms with Crippen LogP contribution in [0.3, 0.4) is 0 Å². The second kappa shape index (κ2) is 5.91. The number of amides is 1. The fourth-order valence-electron chi connectivity index (χ4n) is 3.67. The van der Waals surface area contributed by atoms with Gasteiger partial charge in [-0.1, -0.05) is 18.1 Å². The Hall–Kier alpha value is -1.43. The van der Waals surface area contributed by atoms with Crippen LogP contribution in [0.4, 0.5) is 0 Å². The minimum atomic E-state index is 0.176. The van der Waals surface area contributed by atoms with Crippen LogP contribution in [0.5, 0.6) is 0 Å². The average Bonchev–Trinajstić information content (AvgIpc) is 2.94. The van der Waals surface area contributed by atoms with Crippen molar-refractivity contribution in [3.63, 3.8) is 0 Å². The maximum Gasteiger partial charge on any atom is 0.244 e. The number of rotatable bonds is 3. The molecule has 1 amide bonds. The molecule has 0 bridgehead atoms. The Balaban J connectivity index is 1.66. The van der Waals surface area contributed by atoms with E-state index in [1.54, 1.807) is 10.9 Å². The van der Waals surface area contributed by atoms with E-state index in [1.165, 1.54) is 32.1 Å². The Morgan fingerprint density at radius 1 is 1.30 bits per heavy atom. The molecule has 2 unspecified atom stereocenters. The van der Waals surface area contributed by atoms with Crippen molar-refractivity contribution in [2.75, 3.05) is 6.54 Å². The molecule has 20 heavy (non-hydrogen) atoms. The maximum absolute atomic E-state index is 12.5. The molecule has 1 aromatic heterocycles. The Morgan fingerprint density at radius 3 is 2.90 bits per heavy atom. The summed E-state index contributed by atoms with van der Waals surface area (Å²) in [5, 5.41) is 7.90. The third-order valence-electron chi connectivity index (χ3n) is 4.66. The highest BCUT2D eigenvalue weighted by Gasteiger charge is 2.35. The maximum atomic E-state index is 12.5. The fourth-order valence-corrected chi connectivity index (χ4v) is 3.67. The van der Waals surface area contributed by atoms with Crippen LogP contribution in [-0.2, 0) is 17.9 Å². The highest BCUT2D eigenvalue weighted by atomic mass is 16.2. The summed E-state index contributed by atoms with van der Waals surface area (Å²) in [5.74, 6) is 0.895. The first kappa shape index (κ1) is 13.5. The Labute approximate surface area is 119 Å². The van der Waals surface area contributed by atoms with Gasteiger partial charge in [0, 0.05) is 19.1 Å². The van der Waals surface area contributed by atoms with Gasteiger partial charge in [-0.25, -0.2) is 4.68 Å². The van der Waals surface area contributed by atoms with Crippen LogP contribution in [0.25, 0.3) is 0 Å². The van der Waals surface area contributed by atoms with E-state index in [0.29, 0.717) is 12.6 Å². The lowest BCUT2D eigenvalue weighted by Gasteiger charge is -2.44. The molecule has 3 rings (SSSR count). The van der Waals surface area contributed by atoms with Gasteiger partial charge in [0.2, 0.25) is 5.91 Å². The molecule has 1 aromatic rings. The topological polar surface area (TPSA) is 77.0 Å². The Kier molecular flexibility index (Phi) is 4.00. The molecule has 2 N–H and O–H groups in total. The molecule has 2 aliphatic rings. The summed E-state index contributed by atoms with van der Waals surface area (Å²) in [7, 11) is 0. The normalized spacial score (nSPS) is 26.4. The van der Waals surface area contributed by atoms with Crippen molar-refractivity contribution >= 4 is 5.91 Å². The van der Waals surface area contributed by atoms with Gasteiger partial charge < -0.3 is 10.6 Å². The van der Waals surface area contributed by atoms with E-state index in [9.17, 15) is 4.79 Å². The molecule has 0 spiro atoms. The van der Waals surface area contributed by atoms with Gasteiger partial charge in [0.25, 0.3) is 0 Å². The van der Waals surface area contributed by atoms with Crippen LogP contribution >= 0.6 is 0 Å². The summed E-state index contributed by atoms with van der Waals surface area (Å²) in [5.41, 5.74) is 6.24. The number of carbonyl (C=O) groups excluding carboxylic acids is 1. The van der Waals surface area contributed by atoms with Crippen LogP contribution in [0.1, 0.15) is 44.2 Å². The van der Waals surface area contributed by atoms with E-state index in [2.05, 4.69) is 15.2 Å². The highest BCUT2D eigenvalue weighted by Crippen LogP contribution is 2.35. The van der Waals surface area contributed by atoms with Crippen LogP contribution in [0.2, 0.25) is 0 Å². The van der Waals surface area contributed by atoms with Crippen molar-refractivity contribution in [2.45, 2.75) is 57.7 Å². The summed E-state index contributed by atoms with van der Waals surface area (Å²) in [4.78, 5) is 14.6. The van der Waals surface area contributed by atoms with Crippen molar-refractivity contribution in [1.82, 2.24) is 19.9 Å². The molecule has 2 atom stereocenters. The fraction of sp³-hybridized carbons (Fsp3) is 0.786. The van der Waals surface area contributed by atoms with Crippen LogP contribution < -0.4 is 5.73 Å². The van der Waals surface area contributed by atoms with Crippen molar-refractivity contribution in [1.29, 1.82) is 0 Å². The first-order chi connectivity index (χ1) is 9.78. The van der Waals surface area contributed by atoms with Gasteiger partial charge in [-0.05, 0) is 31.6 Å². The molecule has 0 aromatic carbocycles. The quantitative estimate of drug-likeness (QED) is 0.891. The lowest BCUT2D eigenvalue weighted by Crippen LogP contribution is -2.50. The van der Waals surface area contributed by atoms with Gasteiger partial charge >= 0.3 is 0 Å². The lowest BCUT2D eigenvalue weighted by molar-refractivity contribution is -0.138. The van der Waals surface area contributed by atoms with E-state index >= 15 is 0 Å². The number of nitrogens with zero attached hydrogens (tertiary/aromatic N) is 4. The predicted octanol–water partition coefficient (Wildman–Crippen LogP) is 0.918. The molecule has 1 saturated heterocycles. The molecule has 6 nitrogen and oxygen atoms in total. The van der Waals surface area contributed by atoms with Crippen molar-refractivity contribution in [3.05, 3.63) is 11.9 Å². The molecular weight excluding hydrogens is 254 g/mol. The number of nitrogens with two attached hydrogens (primary N) is 1. The molecule has 2 heterocycles. The number of piperidine rings is 1. The first-order valence-corrected chi connectivity index (χ1v) is 7.66. The zero-order valence-corrected chi connectivity index (χ0v) is 11.9. The number of fused-ring (bicyclic) bond motifs is 1. The van der Waals surface area contributed by atoms with Crippen molar-refractivity contribution in [2.24, 2.45) is 11.7 Å². The van der Waals surface area contributed by atoms with Gasteiger partial charge in [-0.3, -0.25) is 4.79 Å². The van der Waals surface area contributed by atoms with E-state index in [-0.39, 0.29) is 12.5 Å². The smallest absolute Gasteiger partial charge is 0.244 e. The molecule has 1 aliphatic carbocycles.